The van der Waals surface area contributed by atoms with Crippen molar-refractivity contribution in [2.24, 2.45) is 4.99 Å². The molecule has 0 bridgehead atoms. The predicted octanol–water partition coefficient (Wildman–Crippen LogP) is 0.226. The molecule has 2 heterocycles. The van der Waals surface area contributed by atoms with Crippen LogP contribution in [0.25, 0.3) is 6.20 Å². The second kappa shape index (κ2) is 3.59. The van der Waals surface area contributed by atoms with Gasteiger partial charge in [0.25, 0.3) is 0 Å². The van der Waals surface area contributed by atoms with E-state index in [2.05, 4.69) is 4.99 Å². The molecule has 4 nitrogen and oxygen atoms in total. The molecule has 2 aliphatic heterocycles. The van der Waals surface area contributed by atoms with E-state index in [0.29, 0.717) is 17.9 Å². The van der Waals surface area contributed by atoms with E-state index in [1.807, 2.05) is 35.4 Å². The van der Waals surface area contributed by atoms with E-state index in [9.17, 15) is 4.79 Å². The number of hydrogen-bond donors (Lipinski definition) is 1. The molecule has 0 fully saturated rings. The third-order valence-corrected chi connectivity index (χ3v) is 2.80. The fraction of sp³-hybridized carbons (Fsp3) is 0.0769. The van der Waals surface area contributed by atoms with Gasteiger partial charge in [0.15, 0.2) is 0 Å². The molecule has 17 heavy (non-hydrogen) atoms. The van der Waals surface area contributed by atoms with Crippen molar-refractivity contribution >= 4 is 12.2 Å². The average molecular weight is 226 g/mol. The second-order valence-electron chi connectivity index (χ2n) is 3.92. The maximum atomic E-state index is 10.9. The van der Waals surface area contributed by atoms with Gasteiger partial charge >= 0.3 is 5.97 Å². The van der Waals surface area contributed by atoms with Gasteiger partial charge in [-0.3, -0.25) is 0 Å². The highest BCUT2D eigenvalue weighted by Crippen LogP contribution is 2.17. The van der Waals surface area contributed by atoms with Gasteiger partial charge in [-0.1, -0.05) is 24.3 Å². The quantitative estimate of drug-likeness (QED) is 0.745. The van der Waals surface area contributed by atoms with E-state index >= 15 is 0 Å². The highest BCUT2D eigenvalue weighted by Gasteiger charge is 2.17. The van der Waals surface area contributed by atoms with Crippen molar-refractivity contribution in [1.82, 2.24) is 4.90 Å². The Kier molecular flexibility index (Phi) is 2.08. The van der Waals surface area contributed by atoms with Gasteiger partial charge < -0.3 is 10.0 Å². The Morgan fingerprint density at radius 1 is 1.35 bits per heavy atom. The van der Waals surface area contributed by atoms with Crippen LogP contribution in [0.5, 0.6) is 0 Å². The molecule has 0 radical (unpaired) electrons. The van der Waals surface area contributed by atoms with Crippen molar-refractivity contribution in [3.8, 4) is 0 Å². The highest BCUT2D eigenvalue weighted by atomic mass is 16.4. The molecule has 2 aliphatic rings. The first-order valence-corrected chi connectivity index (χ1v) is 5.31. The van der Waals surface area contributed by atoms with Crippen molar-refractivity contribution in [3.63, 3.8) is 0 Å². The van der Waals surface area contributed by atoms with Crippen LogP contribution >= 0.6 is 0 Å². The minimum atomic E-state index is -0.911. The number of rotatable bonds is 1. The maximum absolute atomic E-state index is 10.9. The summed E-state index contributed by atoms with van der Waals surface area (Å²) in [4.78, 5) is 17.3. The molecule has 3 rings (SSSR count). The number of fused-ring (bicyclic) bond motifs is 2. The lowest BCUT2D eigenvalue weighted by molar-refractivity contribution is -0.132. The Morgan fingerprint density at radius 3 is 3.00 bits per heavy atom. The first-order chi connectivity index (χ1) is 8.24. The van der Waals surface area contributed by atoms with E-state index in [1.165, 1.54) is 0 Å². The van der Waals surface area contributed by atoms with Crippen LogP contribution in [0.2, 0.25) is 0 Å². The van der Waals surface area contributed by atoms with Crippen molar-refractivity contribution in [3.05, 3.63) is 58.4 Å². The zero-order valence-corrected chi connectivity index (χ0v) is 9.00. The Bertz CT molecular complexity index is 671. The van der Waals surface area contributed by atoms with Gasteiger partial charge in [0.05, 0.1) is 10.9 Å². The van der Waals surface area contributed by atoms with Gasteiger partial charge in [-0.2, -0.15) is 0 Å². The first-order valence-electron chi connectivity index (χ1n) is 5.31. The van der Waals surface area contributed by atoms with Crippen LogP contribution < -0.4 is 10.6 Å². The minimum absolute atomic E-state index is 0.299. The molecule has 1 aromatic carbocycles. The SMILES string of the molecule is O=C(O)C1=CCN2C=c3ccccc3=NC2=C1. The summed E-state index contributed by atoms with van der Waals surface area (Å²) in [6.45, 7) is 0.547. The van der Waals surface area contributed by atoms with Crippen LogP contribution in [-0.4, -0.2) is 22.5 Å². The third kappa shape index (κ3) is 1.63. The zero-order chi connectivity index (χ0) is 11.8. The van der Waals surface area contributed by atoms with Gasteiger partial charge in [0.1, 0.15) is 5.82 Å². The smallest absolute Gasteiger partial charge is 0.335 e. The van der Waals surface area contributed by atoms with Crippen molar-refractivity contribution in [2.75, 3.05) is 6.54 Å². The molecular formula is C13H10N2O2. The summed E-state index contributed by atoms with van der Waals surface area (Å²) in [5.74, 6) is -0.227. The normalized spacial score (nSPS) is 16.8. The molecule has 4 heteroatoms. The van der Waals surface area contributed by atoms with Crippen LogP contribution in [0.4, 0.5) is 0 Å². The van der Waals surface area contributed by atoms with E-state index in [1.54, 1.807) is 12.2 Å². The number of aliphatic carboxylic acids is 1. The van der Waals surface area contributed by atoms with Gasteiger partial charge in [0, 0.05) is 18.0 Å². The largest absolute Gasteiger partial charge is 0.478 e. The molecule has 84 valence electrons. The van der Waals surface area contributed by atoms with Gasteiger partial charge in [-0.25, -0.2) is 9.79 Å². The number of carboxylic acids is 1. The summed E-state index contributed by atoms with van der Waals surface area (Å²) in [7, 11) is 0. The van der Waals surface area contributed by atoms with Crippen LogP contribution in [0.15, 0.2) is 52.8 Å². The molecule has 0 aliphatic carbocycles. The van der Waals surface area contributed by atoms with Gasteiger partial charge in [-0.05, 0) is 12.1 Å². The van der Waals surface area contributed by atoms with E-state index in [0.717, 1.165) is 10.6 Å². The Morgan fingerprint density at radius 2 is 2.18 bits per heavy atom. The van der Waals surface area contributed by atoms with E-state index < -0.39 is 5.97 Å². The van der Waals surface area contributed by atoms with E-state index in [4.69, 9.17) is 5.11 Å². The molecule has 1 aromatic rings. The third-order valence-electron chi connectivity index (χ3n) is 2.80. The van der Waals surface area contributed by atoms with E-state index in [-0.39, 0.29) is 0 Å². The Hall–Kier alpha value is -2.36. The van der Waals surface area contributed by atoms with Gasteiger partial charge in [-0.15, -0.1) is 0 Å². The molecule has 0 unspecified atom stereocenters. The van der Waals surface area contributed by atoms with Crippen molar-refractivity contribution in [2.45, 2.75) is 0 Å². The molecular weight excluding hydrogens is 216 g/mol. The number of carboxylic acid groups (broad SMARTS) is 1. The number of carbonyl (C=O) groups is 1. The summed E-state index contributed by atoms with van der Waals surface area (Å²) in [6, 6.07) is 7.79. The van der Waals surface area contributed by atoms with Crippen molar-refractivity contribution in [1.29, 1.82) is 0 Å². The van der Waals surface area contributed by atoms with Crippen LogP contribution in [0.3, 0.4) is 0 Å². The zero-order valence-electron chi connectivity index (χ0n) is 9.00. The fourth-order valence-electron chi connectivity index (χ4n) is 1.93. The summed E-state index contributed by atoms with van der Waals surface area (Å²) in [6.07, 6.45) is 5.27. The molecule has 0 aromatic heterocycles. The number of benzene rings is 1. The van der Waals surface area contributed by atoms with Crippen molar-refractivity contribution < 1.29 is 9.90 Å². The maximum Gasteiger partial charge on any atom is 0.335 e. The summed E-state index contributed by atoms with van der Waals surface area (Å²) < 4.78 is 0. The summed E-state index contributed by atoms with van der Waals surface area (Å²) >= 11 is 0. The lowest BCUT2D eigenvalue weighted by atomic mass is 10.1. The lowest BCUT2D eigenvalue weighted by Crippen LogP contribution is -2.35. The number of nitrogens with zero attached hydrogens (tertiary/aromatic N) is 2. The molecule has 0 atom stereocenters. The molecule has 1 N–H and O–H groups in total. The summed E-state index contributed by atoms with van der Waals surface area (Å²) in [5.41, 5.74) is 0.299. The van der Waals surface area contributed by atoms with Crippen LogP contribution in [-0.2, 0) is 4.79 Å². The first kappa shape index (κ1) is 9.84. The monoisotopic (exact) mass is 226 g/mol. The number of para-hydroxylation sites is 1. The second-order valence-corrected chi connectivity index (χ2v) is 3.92. The predicted molar refractivity (Wildman–Crippen MR) is 62.2 cm³/mol. The molecule has 0 saturated heterocycles. The Labute approximate surface area is 97.5 Å². The number of hydrogen-bond acceptors (Lipinski definition) is 3. The average Bonchev–Trinajstić information content (AvgIpc) is 2.35. The van der Waals surface area contributed by atoms with Crippen LogP contribution in [0.1, 0.15) is 0 Å². The highest BCUT2D eigenvalue weighted by molar-refractivity contribution is 5.90. The topological polar surface area (TPSA) is 52.9 Å². The van der Waals surface area contributed by atoms with Gasteiger partial charge in [0.2, 0.25) is 0 Å². The fourth-order valence-corrected chi connectivity index (χ4v) is 1.93. The Balaban J connectivity index is 2.15. The van der Waals surface area contributed by atoms with Crippen LogP contribution in [0, 0.1) is 0 Å². The lowest BCUT2D eigenvalue weighted by Gasteiger charge is -2.24. The molecule has 0 saturated carbocycles. The minimum Gasteiger partial charge on any atom is -0.478 e. The molecule has 0 amide bonds. The standard InChI is InChI=1S/C13H10N2O2/c16-13(17)9-5-6-15-8-10-3-1-2-4-11(10)14-12(15)7-9/h1-5,7-8H,6H2,(H,16,17). The summed E-state index contributed by atoms with van der Waals surface area (Å²) in [5, 5.41) is 10.9. The molecule has 0 spiro atoms.